The Morgan fingerprint density at radius 1 is 1.08 bits per heavy atom. The van der Waals surface area contributed by atoms with Gasteiger partial charge in [0.1, 0.15) is 27.0 Å². The van der Waals surface area contributed by atoms with E-state index in [1.54, 1.807) is 30.6 Å². The second-order valence-corrected chi connectivity index (χ2v) is 9.88. The Hall–Kier alpha value is -4.02. The van der Waals surface area contributed by atoms with Crippen molar-refractivity contribution in [1.82, 2.24) is 15.3 Å². The summed E-state index contributed by atoms with van der Waals surface area (Å²) >= 11 is 1.26. The number of ether oxygens (including phenoxy) is 1. The second kappa shape index (κ2) is 9.21. The van der Waals surface area contributed by atoms with E-state index in [0.717, 1.165) is 25.7 Å². The van der Waals surface area contributed by atoms with E-state index in [-0.39, 0.29) is 18.0 Å². The average Bonchev–Trinajstić information content (AvgIpc) is 3.26. The quantitative estimate of drug-likeness (QED) is 0.348. The van der Waals surface area contributed by atoms with Crippen molar-refractivity contribution >= 4 is 50.7 Å². The van der Waals surface area contributed by atoms with Crippen LogP contribution in [0, 0.1) is 0 Å². The Bertz CT molecular complexity index is 1440. The highest BCUT2D eigenvalue weighted by Crippen LogP contribution is 2.45. The van der Waals surface area contributed by atoms with Crippen LogP contribution in [0.3, 0.4) is 0 Å². The number of nitrogens with two attached hydrogens (primary N) is 1. The highest BCUT2D eigenvalue weighted by atomic mass is 32.1. The fraction of sp³-hybridized carbons (Fsp3) is 0.231. The first-order valence-corrected chi connectivity index (χ1v) is 12.7. The van der Waals surface area contributed by atoms with E-state index in [2.05, 4.69) is 20.6 Å². The SMILES string of the molecule is N[C@H]1CCCC[C@H]1NC(=O)c1sc2nccc3c2c1NC(=O)N3c1ccc(Oc2ccccc2)cn1. The van der Waals surface area contributed by atoms with Crippen LogP contribution in [0.2, 0.25) is 0 Å². The molecular formula is C26H24N6O3S. The monoisotopic (exact) mass is 500 g/mol. The van der Waals surface area contributed by atoms with Gasteiger partial charge in [0.05, 0.1) is 23.0 Å². The summed E-state index contributed by atoms with van der Waals surface area (Å²) in [6, 6.07) is 14.1. The Labute approximate surface area is 211 Å². The smallest absolute Gasteiger partial charge is 0.332 e. The average molecular weight is 501 g/mol. The molecule has 1 aliphatic carbocycles. The van der Waals surface area contributed by atoms with Crippen LogP contribution in [0.1, 0.15) is 35.4 Å². The van der Waals surface area contributed by atoms with Crippen molar-refractivity contribution in [3.05, 3.63) is 65.8 Å². The third-order valence-electron chi connectivity index (χ3n) is 6.52. The van der Waals surface area contributed by atoms with Crippen molar-refractivity contribution in [1.29, 1.82) is 0 Å². The topological polar surface area (TPSA) is 122 Å². The van der Waals surface area contributed by atoms with E-state index in [4.69, 9.17) is 10.5 Å². The third kappa shape index (κ3) is 4.04. The molecule has 4 aromatic rings. The maximum Gasteiger partial charge on any atom is 0.332 e. The van der Waals surface area contributed by atoms with E-state index in [1.807, 2.05) is 30.3 Å². The van der Waals surface area contributed by atoms with Crippen molar-refractivity contribution in [3.8, 4) is 11.5 Å². The number of hydrogen-bond donors (Lipinski definition) is 3. The molecule has 9 nitrogen and oxygen atoms in total. The number of hydrogen-bond acceptors (Lipinski definition) is 7. The van der Waals surface area contributed by atoms with Crippen LogP contribution in [0.5, 0.6) is 11.5 Å². The van der Waals surface area contributed by atoms with Gasteiger partial charge in [0, 0.05) is 18.3 Å². The second-order valence-electron chi connectivity index (χ2n) is 8.88. The van der Waals surface area contributed by atoms with Gasteiger partial charge >= 0.3 is 6.03 Å². The number of amides is 3. The number of anilines is 3. The van der Waals surface area contributed by atoms with Gasteiger partial charge in [0.2, 0.25) is 0 Å². The number of carbonyl (C=O) groups excluding carboxylic acids is 2. The molecule has 3 aromatic heterocycles. The van der Waals surface area contributed by atoms with E-state index in [9.17, 15) is 9.59 Å². The number of thiophene rings is 1. The highest BCUT2D eigenvalue weighted by Gasteiger charge is 2.34. The largest absolute Gasteiger partial charge is 0.456 e. The number of pyridine rings is 2. The summed E-state index contributed by atoms with van der Waals surface area (Å²) in [5.41, 5.74) is 7.32. The molecule has 1 aliphatic heterocycles. The number of benzene rings is 1. The van der Waals surface area contributed by atoms with Gasteiger partial charge in [0.25, 0.3) is 5.91 Å². The van der Waals surface area contributed by atoms with Gasteiger partial charge in [-0.25, -0.2) is 19.7 Å². The van der Waals surface area contributed by atoms with E-state index in [0.29, 0.717) is 43.8 Å². The van der Waals surface area contributed by atoms with E-state index < -0.39 is 6.03 Å². The molecule has 182 valence electrons. The minimum absolute atomic E-state index is 0.0629. The van der Waals surface area contributed by atoms with Gasteiger partial charge < -0.3 is 21.1 Å². The molecule has 0 bridgehead atoms. The molecule has 6 rings (SSSR count). The van der Waals surface area contributed by atoms with Gasteiger partial charge in [0.15, 0.2) is 0 Å². The van der Waals surface area contributed by atoms with Crippen LogP contribution < -0.4 is 26.0 Å². The summed E-state index contributed by atoms with van der Waals surface area (Å²) < 4.78 is 5.82. The molecule has 0 saturated heterocycles. The number of nitrogens with zero attached hydrogens (tertiary/aromatic N) is 3. The minimum atomic E-state index is -0.402. The fourth-order valence-corrected chi connectivity index (χ4v) is 5.76. The van der Waals surface area contributed by atoms with Crippen LogP contribution in [0.15, 0.2) is 60.9 Å². The predicted molar refractivity (Wildman–Crippen MR) is 139 cm³/mol. The number of rotatable bonds is 5. The van der Waals surface area contributed by atoms with Gasteiger partial charge in [-0.05, 0) is 43.2 Å². The summed E-state index contributed by atoms with van der Waals surface area (Å²) in [5, 5.41) is 6.69. The molecule has 10 heteroatoms. The zero-order chi connectivity index (χ0) is 24.6. The normalized spacial score (nSPS) is 19.1. The molecule has 2 atom stereocenters. The first-order chi connectivity index (χ1) is 17.6. The van der Waals surface area contributed by atoms with E-state index >= 15 is 0 Å². The van der Waals surface area contributed by atoms with Crippen LogP contribution in [-0.2, 0) is 0 Å². The van der Waals surface area contributed by atoms with Crippen molar-refractivity contribution < 1.29 is 14.3 Å². The molecule has 36 heavy (non-hydrogen) atoms. The van der Waals surface area contributed by atoms with Crippen molar-refractivity contribution in [2.45, 2.75) is 37.8 Å². The summed E-state index contributed by atoms with van der Waals surface area (Å²) in [7, 11) is 0. The Morgan fingerprint density at radius 2 is 1.92 bits per heavy atom. The third-order valence-corrected chi connectivity index (χ3v) is 7.61. The first-order valence-electron chi connectivity index (χ1n) is 11.9. The van der Waals surface area contributed by atoms with Crippen molar-refractivity contribution in [2.24, 2.45) is 5.73 Å². The maximum absolute atomic E-state index is 13.3. The molecule has 0 unspecified atom stereocenters. The van der Waals surface area contributed by atoms with Crippen LogP contribution in [0.4, 0.5) is 22.0 Å². The van der Waals surface area contributed by atoms with Crippen LogP contribution in [-0.4, -0.2) is 34.0 Å². The molecule has 4 N–H and O–H groups in total. The summed E-state index contributed by atoms with van der Waals surface area (Å²) in [6.45, 7) is 0. The molecule has 0 radical (unpaired) electrons. The number of carbonyl (C=O) groups is 2. The zero-order valence-corrected chi connectivity index (χ0v) is 20.1. The molecular weight excluding hydrogens is 476 g/mol. The zero-order valence-electron chi connectivity index (χ0n) is 19.3. The summed E-state index contributed by atoms with van der Waals surface area (Å²) in [6.07, 6.45) is 7.07. The van der Waals surface area contributed by atoms with Crippen molar-refractivity contribution in [3.63, 3.8) is 0 Å². The Balaban J connectivity index is 1.31. The first kappa shape index (κ1) is 22.4. The minimum Gasteiger partial charge on any atom is -0.456 e. The van der Waals surface area contributed by atoms with Gasteiger partial charge in [-0.2, -0.15) is 0 Å². The Morgan fingerprint density at radius 3 is 2.69 bits per heavy atom. The maximum atomic E-state index is 13.3. The lowest BCUT2D eigenvalue weighted by molar-refractivity contribution is 0.0926. The summed E-state index contributed by atoms with van der Waals surface area (Å²) in [5.74, 6) is 1.44. The summed E-state index contributed by atoms with van der Waals surface area (Å²) in [4.78, 5) is 38.0. The molecule has 1 fully saturated rings. The number of aromatic nitrogens is 2. The van der Waals surface area contributed by atoms with Gasteiger partial charge in [-0.1, -0.05) is 31.0 Å². The Kier molecular flexibility index (Phi) is 5.74. The van der Waals surface area contributed by atoms with Gasteiger partial charge in [-0.15, -0.1) is 11.3 Å². The van der Waals surface area contributed by atoms with Gasteiger partial charge in [-0.3, -0.25) is 4.79 Å². The molecule has 0 spiro atoms. The lowest BCUT2D eigenvalue weighted by Crippen LogP contribution is -2.49. The van der Waals surface area contributed by atoms with E-state index in [1.165, 1.54) is 16.2 Å². The number of nitrogens with one attached hydrogen (secondary N) is 2. The molecule has 1 saturated carbocycles. The van der Waals surface area contributed by atoms with Crippen molar-refractivity contribution in [2.75, 3.05) is 10.2 Å². The lowest BCUT2D eigenvalue weighted by atomic mass is 9.91. The van der Waals surface area contributed by atoms with Crippen LogP contribution >= 0.6 is 11.3 Å². The standard InChI is InChI=1S/C26H24N6O3S/c27-17-8-4-5-9-18(17)30-24(33)23-22-21-19(12-13-28-25(21)36-23)32(26(34)31-22)20-11-10-16(14-29-20)35-15-6-2-1-3-7-15/h1-3,6-7,10-14,17-18H,4-5,8-9,27H2,(H,30,33)(H,31,34)/t17-,18+/m0/s1. The molecule has 3 amide bonds. The number of urea groups is 1. The highest BCUT2D eigenvalue weighted by molar-refractivity contribution is 7.21. The molecule has 4 heterocycles. The fourth-order valence-electron chi connectivity index (χ4n) is 4.73. The lowest BCUT2D eigenvalue weighted by Gasteiger charge is -2.30. The predicted octanol–water partition coefficient (Wildman–Crippen LogP) is 5.17. The molecule has 2 aliphatic rings. The molecule has 1 aromatic carbocycles. The number of para-hydroxylation sites is 1. The van der Waals surface area contributed by atoms with Crippen LogP contribution in [0.25, 0.3) is 10.2 Å².